The number of methoxy groups -OCH3 is 1. The van der Waals surface area contributed by atoms with E-state index >= 15 is 0 Å². The van der Waals surface area contributed by atoms with Crippen LogP contribution in [0.4, 0.5) is 0 Å². The summed E-state index contributed by atoms with van der Waals surface area (Å²) in [6.45, 7) is 2.59. The average molecular weight is 490 g/mol. The van der Waals surface area contributed by atoms with E-state index < -0.39 is 0 Å². The van der Waals surface area contributed by atoms with Gasteiger partial charge in [-0.2, -0.15) is 0 Å². The van der Waals surface area contributed by atoms with Crippen molar-refractivity contribution >= 4 is 11.0 Å². The van der Waals surface area contributed by atoms with Crippen molar-refractivity contribution < 1.29 is 9.84 Å². The first kappa shape index (κ1) is 23.5. The summed E-state index contributed by atoms with van der Waals surface area (Å²) in [5, 5.41) is 10.4. The molecule has 2 aromatic heterocycles. The number of hydrogen-bond donors (Lipinski definition) is 1. The lowest BCUT2D eigenvalue weighted by Gasteiger charge is -2.62. The molecular weight excluding hydrogens is 446 g/mol. The van der Waals surface area contributed by atoms with Crippen LogP contribution in [0.1, 0.15) is 83.4 Å². The molecule has 36 heavy (non-hydrogen) atoms. The largest absolute Gasteiger partial charge is 0.393 e. The molecule has 0 saturated heterocycles. The number of rotatable bonds is 4. The molecule has 5 fully saturated rings. The summed E-state index contributed by atoms with van der Waals surface area (Å²) in [4.78, 5) is 13.9. The molecule has 7 rings (SSSR count). The highest BCUT2D eigenvalue weighted by Gasteiger charge is 2.67. The van der Waals surface area contributed by atoms with Gasteiger partial charge < -0.3 is 9.84 Å². The van der Waals surface area contributed by atoms with E-state index in [4.69, 9.17) is 9.72 Å². The van der Waals surface area contributed by atoms with Gasteiger partial charge in [0.2, 0.25) is 0 Å². The number of aliphatic hydroxyl groups is 1. The second-order valence-electron chi connectivity index (χ2n) is 13.4. The number of ether oxygens (including phenoxy) is 1. The Bertz CT molecular complexity index is 1120. The molecule has 194 valence electrons. The summed E-state index contributed by atoms with van der Waals surface area (Å²) in [7, 11) is 2.00. The lowest BCUT2D eigenvalue weighted by molar-refractivity contribution is -0.181. The minimum Gasteiger partial charge on any atom is -0.393 e. The normalized spacial score (nSPS) is 45.6. The standard InChI is InChI=1S/C31H43N3O2/c1-30-13-12-21(35)16-20(30)6-7-22-24-9-8-23-19(11-14-31(23,24)28(36-2)17-25(22)30)5-10-29-33-18-27-26(34-29)4-3-15-32-27/h3-4,15,18-25,28,35H,5-14,16-17H2,1-2H3/t19-,20+,21+,22-,23+,24-,25?,28-,30-,31+/m0/s1. The van der Waals surface area contributed by atoms with Crippen molar-refractivity contribution in [2.75, 3.05) is 7.11 Å². The average Bonchev–Trinajstić information content (AvgIpc) is 3.45. The predicted molar refractivity (Wildman–Crippen MR) is 140 cm³/mol. The Hall–Kier alpha value is -1.59. The van der Waals surface area contributed by atoms with Gasteiger partial charge in [-0.3, -0.25) is 4.98 Å². The van der Waals surface area contributed by atoms with E-state index in [-0.39, 0.29) is 6.10 Å². The number of aryl methyl sites for hydroxylation is 1. The summed E-state index contributed by atoms with van der Waals surface area (Å²) in [5.74, 6) is 5.74. The Morgan fingerprint density at radius 2 is 1.86 bits per heavy atom. The van der Waals surface area contributed by atoms with Crippen molar-refractivity contribution in [3.63, 3.8) is 0 Å². The highest BCUT2D eigenvalue weighted by atomic mass is 16.5. The second kappa shape index (κ2) is 8.73. The highest BCUT2D eigenvalue weighted by Crippen LogP contribution is 2.72. The number of aliphatic hydroxyl groups excluding tert-OH is 1. The van der Waals surface area contributed by atoms with Gasteiger partial charge >= 0.3 is 0 Å². The Morgan fingerprint density at radius 1 is 0.972 bits per heavy atom. The van der Waals surface area contributed by atoms with Crippen LogP contribution in [0, 0.1) is 46.3 Å². The molecule has 0 aliphatic heterocycles. The number of hydrogen-bond acceptors (Lipinski definition) is 5. The fourth-order valence-corrected chi connectivity index (χ4v) is 10.9. The van der Waals surface area contributed by atoms with E-state index in [2.05, 4.69) is 16.9 Å². The molecule has 0 bridgehead atoms. The van der Waals surface area contributed by atoms with Gasteiger partial charge in [0.25, 0.3) is 0 Å². The van der Waals surface area contributed by atoms with Crippen LogP contribution in [0.5, 0.6) is 0 Å². The fourth-order valence-electron chi connectivity index (χ4n) is 10.9. The first-order valence-electron chi connectivity index (χ1n) is 14.8. The van der Waals surface area contributed by atoms with Crippen LogP contribution < -0.4 is 0 Å². The lowest BCUT2D eigenvalue weighted by atomic mass is 9.44. The van der Waals surface area contributed by atoms with Gasteiger partial charge in [-0.05, 0) is 124 Å². The van der Waals surface area contributed by atoms with Crippen molar-refractivity contribution in [1.82, 2.24) is 15.0 Å². The fraction of sp³-hybridized carbons (Fsp3) is 0.774. The van der Waals surface area contributed by atoms with E-state index in [1.54, 1.807) is 0 Å². The number of aromatic nitrogens is 3. The van der Waals surface area contributed by atoms with Crippen molar-refractivity contribution in [3.8, 4) is 0 Å². The zero-order valence-electron chi connectivity index (χ0n) is 22.1. The van der Waals surface area contributed by atoms with Crippen LogP contribution in [0.2, 0.25) is 0 Å². The van der Waals surface area contributed by atoms with Crippen molar-refractivity contribution in [3.05, 3.63) is 30.4 Å². The summed E-state index contributed by atoms with van der Waals surface area (Å²) in [6, 6.07) is 4.01. The van der Waals surface area contributed by atoms with Gasteiger partial charge in [-0.25, -0.2) is 9.97 Å². The molecule has 2 heterocycles. The highest BCUT2D eigenvalue weighted by molar-refractivity contribution is 5.72. The molecule has 10 atom stereocenters. The van der Waals surface area contributed by atoms with E-state index in [0.717, 1.165) is 65.7 Å². The first-order valence-corrected chi connectivity index (χ1v) is 14.8. The third kappa shape index (κ3) is 3.37. The molecular formula is C31H43N3O2. The summed E-state index contributed by atoms with van der Waals surface area (Å²) >= 11 is 0. The smallest absolute Gasteiger partial charge is 0.129 e. The topological polar surface area (TPSA) is 68.1 Å². The summed E-state index contributed by atoms with van der Waals surface area (Å²) in [5.41, 5.74) is 2.64. The van der Waals surface area contributed by atoms with Gasteiger partial charge in [0.15, 0.2) is 0 Å². The summed E-state index contributed by atoms with van der Waals surface area (Å²) in [6.07, 6.45) is 18.9. The maximum absolute atomic E-state index is 10.4. The number of nitrogens with zero attached hydrogens (tertiary/aromatic N) is 3. The van der Waals surface area contributed by atoms with Crippen LogP contribution in [0.3, 0.4) is 0 Å². The van der Waals surface area contributed by atoms with Crippen LogP contribution in [0.15, 0.2) is 24.5 Å². The minimum atomic E-state index is -0.0675. The maximum atomic E-state index is 10.4. The Kier molecular flexibility index (Phi) is 5.70. The van der Waals surface area contributed by atoms with Crippen LogP contribution >= 0.6 is 0 Å². The third-order valence-electron chi connectivity index (χ3n) is 12.4. The molecule has 5 aliphatic rings. The van der Waals surface area contributed by atoms with E-state index in [9.17, 15) is 5.11 Å². The van der Waals surface area contributed by atoms with Crippen LogP contribution in [-0.2, 0) is 11.2 Å². The second-order valence-corrected chi connectivity index (χ2v) is 13.4. The molecule has 0 aromatic carbocycles. The zero-order valence-corrected chi connectivity index (χ0v) is 22.1. The predicted octanol–water partition coefficient (Wildman–Crippen LogP) is 5.99. The van der Waals surface area contributed by atoms with Gasteiger partial charge in [0.1, 0.15) is 11.3 Å². The molecule has 5 saturated carbocycles. The molecule has 5 aliphatic carbocycles. The molecule has 5 heteroatoms. The molecule has 1 spiro atoms. The van der Waals surface area contributed by atoms with Gasteiger partial charge in [-0.15, -0.1) is 0 Å². The van der Waals surface area contributed by atoms with E-state index in [1.807, 2.05) is 31.6 Å². The minimum absolute atomic E-state index is 0.0675. The Morgan fingerprint density at radius 3 is 2.75 bits per heavy atom. The quantitative estimate of drug-likeness (QED) is 0.571. The molecule has 1 unspecified atom stereocenters. The number of pyridine rings is 1. The Balaban J connectivity index is 1.11. The van der Waals surface area contributed by atoms with Crippen molar-refractivity contribution in [2.24, 2.45) is 46.3 Å². The summed E-state index contributed by atoms with van der Waals surface area (Å²) < 4.78 is 6.48. The molecule has 2 aromatic rings. The van der Waals surface area contributed by atoms with Gasteiger partial charge in [0.05, 0.1) is 23.9 Å². The third-order valence-corrected chi connectivity index (χ3v) is 12.4. The van der Waals surface area contributed by atoms with Crippen LogP contribution in [0.25, 0.3) is 11.0 Å². The lowest BCUT2D eigenvalue weighted by Crippen LogP contribution is -2.59. The Labute approximate surface area is 215 Å². The van der Waals surface area contributed by atoms with Crippen molar-refractivity contribution in [1.29, 1.82) is 0 Å². The van der Waals surface area contributed by atoms with E-state index in [1.165, 1.54) is 57.8 Å². The van der Waals surface area contributed by atoms with Gasteiger partial charge in [0, 0.05) is 25.1 Å². The molecule has 5 nitrogen and oxygen atoms in total. The van der Waals surface area contributed by atoms with E-state index in [0.29, 0.717) is 22.9 Å². The maximum Gasteiger partial charge on any atom is 0.129 e. The first-order chi connectivity index (χ1) is 17.5. The molecule has 0 amide bonds. The SMILES string of the molecule is CO[C@H]1CC2[C@@H](CC[C@@H]3C[C@H](O)CC[C@]23C)[C@@H]2CC[C@@H]3[C@@H](CCc4ncc5ncccc5n4)CC[C@@]132. The monoisotopic (exact) mass is 489 g/mol. The zero-order chi connectivity index (χ0) is 24.5. The van der Waals surface area contributed by atoms with Crippen molar-refractivity contribution in [2.45, 2.75) is 96.2 Å². The molecule has 1 N–H and O–H groups in total. The molecule has 0 radical (unpaired) electrons. The number of fused-ring (bicyclic) bond motifs is 5. The van der Waals surface area contributed by atoms with Crippen LogP contribution in [-0.4, -0.2) is 39.4 Å². The van der Waals surface area contributed by atoms with Gasteiger partial charge in [-0.1, -0.05) is 6.92 Å².